The average Bonchev–Trinajstić information content (AvgIpc) is 3.46. The molecule has 10 aromatic rings. The van der Waals surface area contributed by atoms with Crippen LogP contribution >= 0.6 is 0 Å². The molecule has 0 spiro atoms. The van der Waals surface area contributed by atoms with Gasteiger partial charge in [0, 0.05) is 33.8 Å². The van der Waals surface area contributed by atoms with E-state index in [1.807, 2.05) is 0 Å². The molecule has 0 aliphatic carbocycles. The van der Waals surface area contributed by atoms with Gasteiger partial charge in [0.25, 0.3) is 0 Å². The van der Waals surface area contributed by atoms with Gasteiger partial charge in [-0.05, 0) is 122 Å². The highest BCUT2D eigenvalue weighted by Crippen LogP contribution is 2.52. The number of rotatable bonds is 7. The minimum atomic E-state index is 0.847. The molecule has 0 saturated heterocycles. The van der Waals surface area contributed by atoms with Gasteiger partial charge in [0.15, 0.2) is 0 Å². The SMILES string of the molecule is c1ccc(-c2ccc(N(c3ccc(-c4ccccc4)cc3)c3ccc(-c4ccc5c(c4)-c4cccc(-c6ccccc6)c4-c4cc6ccccc6cc4O5)cc3)cc2)cc1. The smallest absolute Gasteiger partial charge is 0.135 e. The van der Waals surface area contributed by atoms with Crippen molar-refractivity contribution >= 4 is 27.8 Å². The van der Waals surface area contributed by atoms with Gasteiger partial charge in [0.1, 0.15) is 11.5 Å². The summed E-state index contributed by atoms with van der Waals surface area (Å²) in [5.74, 6) is 1.71. The molecule has 282 valence electrons. The third kappa shape index (κ3) is 6.51. The van der Waals surface area contributed by atoms with Gasteiger partial charge in [-0.2, -0.15) is 0 Å². The molecule has 0 amide bonds. The first-order valence-corrected chi connectivity index (χ1v) is 20.5. The number of benzene rings is 10. The van der Waals surface area contributed by atoms with Crippen LogP contribution in [0.2, 0.25) is 0 Å². The molecule has 2 heteroatoms. The highest BCUT2D eigenvalue weighted by atomic mass is 16.5. The lowest BCUT2D eigenvalue weighted by Gasteiger charge is -2.26. The van der Waals surface area contributed by atoms with E-state index in [4.69, 9.17) is 4.74 Å². The van der Waals surface area contributed by atoms with E-state index >= 15 is 0 Å². The lowest BCUT2D eigenvalue weighted by Crippen LogP contribution is -2.09. The van der Waals surface area contributed by atoms with Crippen molar-refractivity contribution in [3.63, 3.8) is 0 Å². The maximum Gasteiger partial charge on any atom is 0.135 e. The van der Waals surface area contributed by atoms with Gasteiger partial charge in [-0.25, -0.2) is 0 Å². The third-order valence-corrected chi connectivity index (χ3v) is 11.7. The van der Waals surface area contributed by atoms with Crippen LogP contribution in [0.5, 0.6) is 11.5 Å². The molecule has 0 atom stereocenters. The Morgan fingerprint density at radius 1 is 0.250 bits per heavy atom. The molecule has 10 aromatic carbocycles. The molecule has 1 aliphatic rings. The summed E-state index contributed by atoms with van der Waals surface area (Å²) in [4.78, 5) is 2.33. The number of ether oxygens (including phenoxy) is 1. The Bertz CT molecular complexity index is 3040. The van der Waals surface area contributed by atoms with Gasteiger partial charge in [0.2, 0.25) is 0 Å². The first-order valence-electron chi connectivity index (χ1n) is 20.5. The van der Waals surface area contributed by atoms with Crippen molar-refractivity contribution < 1.29 is 4.74 Å². The summed E-state index contributed by atoms with van der Waals surface area (Å²) in [6, 6.07) is 84.7. The van der Waals surface area contributed by atoms with E-state index in [0.717, 1.165) is 61.8 Å². The fourth-order valence-electron chi connectivity index (χ4n) is 8.67. The summed E-state index contributed by atoms with van der Waals surface area (Å²) in [5, 5.41) is 2.34. The lowest BCUT2D eigenvalue weighted by atomic mass is 9.86. The minimum absolute atomic E-state index is 0.847. The molecule has 0 aromatic heterocycles. The Balaban J connectivity index is 0.997. The molecule has 0 radical (unpaired) electrons. The van der Waals surface area contributed by atoms with Gasteiger partial charge in [-0.1, -0.05) is 176 Å². The summed E-state index contributed by atoms with van der Waals surface area (Å²) in [6.45, 7) is 0. The van der Waals surface area contributed by atoms with Gasteiger partial charge < -0.3 is 9.64 Å². The summed E-state index contributed by atoms with van der Waals surface area (Å²) in [6.07, 6.45) is 0. The van der Waals surface area contributed by atoms with Gasteiger partial charge >= 0.3 is 0 Å². The van der Waals surface area contributed by atoms with Crippen molar-refractivity contribution in [3.05, 3.63) is 237 Å². The zero-order valence-electron chi connectivity index (χ0n) is 32.9. The second kappa shape index (κ2) is 15.1. The molecule has 0 N–H and O–H groups in total. The van der Waals surface area contributed by atoms with Crippen LogP contribution < -0.4 is 9.64 Å². The van der Waals surface area contributed by atoms with Gasteiger partial charge in [-0.15, -0.1) is 0 Å². The average molecular weight is 766 g/mol. The van der Waals surface area contributed by atoms with Crippen molar-refractivity contribution in [1.29, 1.82) is 0 Å². The maximum atomic E-state index is 6.89. The highest BCUT2D eigenvalue weighted by Gasteiger charge is 2.25. The molecule has 1 heterocycles. The molecule has 0 bridgehead atoms. The minimum Gasteiger partial charge on any atom is -0.456 e. The Morgan fingerprint density at radius 2 is 0.683 bits per heavy atom. The highest BCUT2D eigenvalue weighted by molar-refractivity contribution is 6.03. The second-order valence-corrected chi connectivity index (χ2v) is 15.3. The molecular weight excluding hydrogens is 727 g/mol. The van der Waals surface area contributed by atoms with Crippen LogP contribution in [0.25, 0.3) is 77.5 Å². The molecular formula is C58H39NO. The second-order valence-electron chi connectivity index (χ2n) is 15.3. The Labute approximate surface area is 350 Å². The van der Waals surface area contributed by atoms with E-state index in [0.29, 0.717) is 0 Å². The number of anilines is 3. The summed E-state index contributed by atoms with van der Waals surface area (Å²) in [7, 11) is 0. The van der Waals surface area contributed by atoms with Crippen LogP contribution in [0.3, 0.4) is 0 Å². The molecule has 11 rings (SSSR count). The molecule has 0 fully saturated rings. The predicted octanol–water partition coefficient (Wildman–Crippen LogP) is 16.4. The first kappa shape index (κ1) is 35.2. The van der Waals surface area contributed by atoms with Crippen molar-refractivity contribution in [3.8, 4) is 78.3 Å². The van der Waals surface area contributed by atoms with E-state index in [2.05, 4.69) is 241 Å². The van der Waals surface area contributed by atoms with Crippen LogP contribution in [0, 0.1) is 0 Å². The predicted molar refractivity (Wildman–Crippen MR) is 251 cm³/mol. The number of fused-ring (bicyclic) bond motifs is 6. The van der Waals surface area contributed by atoms with E-state index in [1.165, 1.54) is 44.3 Å². The molecule has 60 heavy (non-hydrogen) atoms. The number of nitrogens with zero attached hydrogens (tertiary/aromatic N) is 1. The van der Waals surface area contributed by atoms with Gasteiger partial charge in [-0.3, -0.25) is 0 Å². The topological polar surface area (TPSA) is 12.5 Å². The standard InChI is InChI=1S/C58H39NO/c1-4-13-40(14-5-1)42-23-30-49(31-24-42)59(50-32-25-43(26-33-50)41-15-6-2-7-16-41)51-34-27-44(28-35-51)48-29-36-56-54(37-48)53-22-12-21-52(45-17-8-3-9-18-45)58(53)55-38-46-19-10-11-20-47(46)39-57(55)60-56/h1-39H. The van der Waals surface area contributed by atoms with E-state index < -0.39 is 0 Å². The Hall–Kier alpha value is -7.94. The molecule has 2 nitrogen and oxygen atoms in total. The monoisotopic (exact) mass is 765 g/mol. The van der Waals surface area contributed by atoms with Crippen LogP contribution in [-0.2, 0) is 0 Å². The van der Waals surface area contributed by atoms with Crippen molar-refractivity contribution in [2.75, 3.05) is 4.90 Å². The molecule has 1 aliphatic heterocycles. The fraction of sp³-hybridized carbons (Fsp3) is 0. The summed E-state index contributed by atoms with van der Waals surface area (Å²) < 4.78 is 6.89. The van der Waals surface area contributed by atoms with Crippen LogP contribution in [-0.4, -0.2) is 0 Å². The summed E-state index contributed by atoms with van der Waals surface area (Å²) in [5.41, 5.74) is 17.2. The van der Waals surface area contributed by atoms with Crippen LogP contribution in [0.4, 0.5) is 17.1 Å². The Morgan fingerprint density at radius 3 is 1.23 bits per heavy atom. The maximum absolute atomic E-state index is 6.89. The normalized spacial score (nSPS) is 11.5. The van der Waals surface area contributed by atoms with E-state index in [-0.39, 0.29) is 0 Å². The first-order chi connectivity index (χ1) is 29.7. The quantitative estimate of drug-likeness (QED) is 0.160. The fourth-order valence-corrected chi connectivity index (χ4v) is 8.67. The molecule has 0 saturated carbocycles. The van der Waals surface area contributed by atoms with Crippen molar-refractivity contribution in [2.45, 2.75) is 0 Å². The van der Waals surface area contributed by atoms with E-state index in [1.54, 1.807) is 0 Å². The summed E-state index contributed by atoms with van der Waals surface area (Å²) >= 11 is 0. The Kier molecular flexibility index (Phi) is 8.87. The number of hydrogen-bond acceptors (Lipinski definition) is 2. The van der Waals surface area contributed by atoms with Crippen molar-refractivity contribution in [1.82, 2.24) is 0 Å². The lowest BCUT2D eigenvalue weighted by molar-refractivity contribution is 0.488. The van der Waals surface area contributed by atoms with Crippen LogP contribution in [0.1, 0.15) is 0 Å². The largest absolute Gasteiger partial charge is 0.456 e. The van der Waals surface area contributed by atoms with Crippen molar-refractivity contribution in [2.24, 2.45) is 0 Å². The van der Waals surface area contributed by atoms with Crippen LogP contribution in [0.15, 0.2) is 237 Å². The zero-order chi connectivity index (χ0) is 39.8. The number of hydrogen-bond donors (Lipinski definition) is 0. The third-order valence-electron chi connectivity index (χ3n) is 11.7. The van der Waals surface area contributed by atoms with E-state index in [9.17, 15) is 0 Å². The molecule has 0 unspecified atom stereocenters. The van der Waals surface area contributed by atoms with Gasteiger partial charge in [0.05, 0.1) is 0 Å². The zero-order valence-corrected chi connectivity index (χ0v) is 32.9.